The summed E-state index contributed by atoms with van der Waals surface area (Å²) in [7, 11) is 1.66. The predicted octanol–water partition coefficient (Wildman–Crippen LogP) is 2.73. The molecule has 1 aliphatic rings. The number of carbonyl (C=O) groups is 2. The number of nitrogen functional groups attached to an aromatic ring is 1. The number of anilines is 1. The molecule has 4 N–H and O–H groups in total. The Balaban J connectivity index is 1.44. The maximum atomic E-state index is 13.8. The SMILES string of the molecule is CC(C)C(=O)N1CCC(c2cc(-c3ccc(-c4c(C(N)=O)c(=O)n(-c5cnn(C)c5)c(=O)n4C(C)C)cc3)c3c(N)ncnn23)CC1. The number of hydrogen-bond donors (Lipinski definition) is 2. The largest absolute Gasteiger partial charge is 0.382 e. The van der Waals surface area contributed by atoms with Crippen LogP contribution in [0, 0.1) is 5.92 Å². The van der Waals surface area contributed by atoms with Crippen molar-refractivity contribution in [2.75, 3.05) is 18.8 Å². The summed E-state index contributed by atoms with van der Waals surface area (Å²) in [5.74, 6) is -0.356. The highest BCUT2D eigenvalue weighted by Gasteiger charge is 2.29. The fraction of sp³-hybridized carbons (Fsp3) is 0.364. The zero-order chi connectivity index (χ0) is 33.7. The summed E-state index contributed by atoms with van der Waals surface area (Å²) in [5, 5.41) is 8.62. The second-order valence-electron chi connectivity index (χ2n) is 12.6. The number of nitrogens with zero attached hydrogens (tertiary/aromatic N) is 8. The lowest BCUT2D eigenvalue weighted by molar-refractivity contribution is -0.135. The molecule has 0 atom stereocenters. The number of benzene rings is 1. The number of hydrogen-bond acceptors (Lipinski definition) is 8. The third-order valence-corrected chi connectivity index (χ3v) is 8.80. The van der Waals surface area contributed by atoms with Crippen molar-refractivity contribution in [1.82, 2.24) is 38.4 Å². The highest BCUT2D eigenvalue weighted by Crippen LogP contribution is 2.37. The Morgan fingerprint density at radius 3 is 2.21 bits per heavy atom. The van der Waals surface area contributed by atoms with Gasteiger partial charge in [-0.15, -0.1) is 0 Å². The molecule has 0 radical (unpaired) electrons. The molecule has 5 heterocycles. The third-order valence-electron chi connectivity index (χ3n) is 8.80. The van der Waals surface area contributed by atoms with Gasteiger partial charge in [0.2, 0.25) is 5.91 Å². The molecule has 14 nitrogen and oxygen atoms in total. The first-order chi connectivity index (χ1) is 22.4. The quantitative estimate of drug-likeness (QED) is 0.273. The van der Waals surface area contributed by atoms with Gasteiger partial charge in [0.05, 0.1) is 17.6 Å². The standard InChI is InChI=1S/C33H38N10O4/c1-18(2)31(45)40-12-10-21(11-13-40)25-14-24(28-29(34)36-17-38-43(25)28)20-6-8-22(9-7-20)27-26(30(35)44)32(46)42(23-15-37-39(5)16-23)33(47)41(27)19(3)4/h6-9,14-19,21H,10-13H2,1-5H3,(H2,35,44)(H2,34,36,38). The Kier molecular flexibility index (Phi) is 8.03. The van der Waals surface area contributed by atoms with Gasteiger partial charge in [-0.05, 0) is 43.9 Å². The maximum absolute atomic E-state index is 13.8. The molecule has 14 heteroatoms. The van der Waals surface area contributed by atoms with E-state index in [9.17, 15) is 19.2 Å². The lowest BCUT2D eigenvalue weighted by atomic mass is 9.92. The van der Waals surface area contributed by atoms with Crippen molar-refractivity contribution in [2.24, 2.45) is 18.7 Å². The van der Waals surface area contributed by atoms with Gasteiger partial charge in [0.25, 0.3) is 11.5 Å². The van der Waals surface area contributed by atoms with E-state index in [4.69, 9.17) is 11.5 Å². The van der Waals surface area contributed by atoms with Gasteiger partial charge in [-0.25, -0.2) is 18.9 Å². The minimum Gasteiger partial charge on any atom is -0.382 e. The molecular weight excluding hydrogens is 600 g/mol. The molecular formula is C33H38N10O4. The highest BCUT2D eigenvalue weighted by atomic mass is 16.2. The Morgan fingerprint density at radius 1 is 0.979 bits per heavy atom. The van der Waals surface area contributed by atoms with E-state index in [2.05, 4.69) is 21.2 Å². The Hall–Kier alpha value is -5.53. The van der Waals surface area contributed by atoms with Crippen LogP contribution in [0.1, 0.15) is 68.5 Å². The minimum atomic E-state index is -0.949. The molecule has 1 fully saturated rings. The molecule has 47 heavy (non-hydrogen) atoms. The number of primary amides is 1. The van der Waals surface area contributed by atoms with E-state index in [0.717, 1.165) is 34.2 Å². The number of aromatic nitrogens is 7. The van der Waals surface area contributed by atoms with Crippen LogP contribution in [-0.4, -0.2) is 63.3 Å². The van der Waals surface area contributed by atoms with Gasteiger partial charge in [0, 0.05) is 55.5 Å². The number of rotatable bonds is 7. The summed E-state index contributed by atoms with van der Waals surface area (Å²) in [5.41, 5.74) is 14.6. The van der Waals surface area contributed by atoms with Gasteiger partial charge in [-0.3, -0.25) is 23.6 Å². The Bertz CT molecular complexity index is 2130. The van der Waals surface area contributed by atoms with Crippen molar-refractivity contribution in [3.05, 3.63) is 81.1 Å². The van der Waals surface area contributed by atoms with Crippen LogP contribution < -0.4 is 22.7 Å². The summed E-state index contributed by atoms with van der Waals surface area (Å²) in [6, 6.07) is 8.84. The first-order valence-electron chi connectivity index (χ1n) is 15.6. The van der Waals surface area contributed by atoms with Crippen LogP contribution in [0.4, 0.5) is 5.82 Å². The lowest BCUT2D eigenvalue weighted by Gasteiger charge is -2.33. The van der Waals surface area contributed by atoms with Crippen molar-refractivity contribution in [2.45, 2.75) is 52.5 Å². The fourth-order valence-corrected chi connectivity index (χ4v) is 6.53. The van der Waals surface area contributed by atoms with E-state index in [1.54, 1.807) is 33.0 Å². The van der Waals surface area contributed by atoms with Crippen LogP contribution in [0.15, 0.2) is 58.6 Å². The monoisotopic (exact) mass is 638 g/mol. The smallest absolute Gasteiger partial charge is 0.336 e. The number of fused-ring (bicyclic) bond motifs is 1. The number of piperidine rings is 1. The summed E-state index contributed by atoms with van der Waals surface area (Å²) < 4.78 is 5.61. The van der Waals surface area contributed by atoms with Crippen molar-refractivity contribution in [3.63, 3.8) is 0 Å². The normalized spacial score (nSPS) is 14.1. The number of amides is 2. The summed E-state index contributed by atoms with van der Waals surface area (Å²) in [6.45, 7) is 8.75. The third kappa shape index (κ3) is 5.38. The molecule has 1 aromatic carbocycles. The van der Waals surface area contributed by atoms with Gasteiger partial charge in [-0.2, -0.15) is 10.2 Å². The maximum Gasteiger partial charge on any atom is 0.336 e. The van der Waals surface area contributed by atoms with Crippen molar-refractivity contribution >= 4 is 23.1 Å². The van der Waals surface area contributed by atoms with Gasteiger partial charge < -0.3 is 16.4 Å². The Morgan fingerprint density at radius 2 is 1.64 bits per heavy atom. The molecule has 0 aliphatic carbocycles. The molecule has 0 unspecified atom stereocenters. The Labute approximate surface area is 270 Å². The highest BCUT2D eigenvalue weighted by molar-refractivity contribution is 5.99. The fourth-order valence-electron chi connectivity index (χ4n) is 6.53. The summed E-state index contributed by atoms with van der Waals surface area (Å²) in [4.78, 5) is 59.1. The van der Waals surface area contributed by atoms with Gasteiger partial charge in [-0.1, -0.05) is 38.1 Å². The molecule has 0 bridgehead atoms. The predicted molar refractivity (Wildman–Crippen MR) is 177 cm³/mol. The van der Waals surface area contributed by atoms with Gasteiger partial charge >= 0.3 is 5.69 Å². The van der Waals surface area contributed by atoms with Crippen LogP contribution >= 0.6 is 0 Å². The molecule has 4 aromatic heterocycles. The number of nitrogens with two attached hydrogens (primary N) is 2. The molecule has 6 rings (SSSR count). The second-order valence-corrected chi connectivity index (χ2v) is 12.6. The molecule has 1 aliphatic heterocycles. The van der Waals surface area contributed by atoms with E-state index < -0.39 is 23.2 Å². The average Bonchev–Trinajstić information content (AvgIpc) is 3.64. The number of likely N-dealkylation sites (tertiary alicyclic amines) is 1. The lowest BCUT2D eigenvalue weighted by Crippen LogP contribution is -2.44. The van der Waals surface area contributed by atoms with Crippen molar-refractivity contribution < 1.29 is 9.59 Å². The molecule has 244 valence electrons. The van der Waals surface area contributed by atoms with E-state index in [-0.39, 0.29) is 34.7 Å². The van der Waals surface area contributed by atoms with E-state index in [1.165, 1.54) is 28.0 Å². The first kappa shape index (κ1) is 31.5. The summed E-state index contributed by atoms with van der Waals surface area (Å²) in [6.07, 6.45) is 5.92. The van der Waals surface area contributed by atoms with Crippen LogP contribution in [-0.2, 0) is 11.8 Å². The zero-order valence-electron chi connectivity index (χ0n) is 27.0. The molecule has 0 saturated carbocycles. The number of carbonyl (C=O) groups excluding carboxylic acids is 2. The number of aryl methyl sites for hydroxylation is 1. The second kappa shape index (κ2) is 12.0. The molecule has 2 amide bonds. The van der Waals surface area contributed by atoms with Crippen LogP contribution in [0.3, 0.4) is 0 Å². The van der Waals surface area contributed by atoms with Crippen molar-refractivity contribution in [3.8, 4) is 28.1 Å². The minimum absolute atomic E-state index is 0.0461. The van der Waals surface area contributed by atoms with Crippen LogP contribution in [0.25, 0.3) is 33.6 Å². The molecule has 0 spiro atoms. The summed E-state index contributed by atoms with van der Waals surface area (Å²) >= 11 is 0. The van der Waals surface area contributed by atoms with Gasteiger partial charge in [0.1, 0.15) is 17.4 Å². The van der Waals surface area contributed by atoms with Crippen LogP contribution in [0.2, 0.25) is 0 Å². The average molecular weight is 639 g/mol. The van der Waals surface area contributed by atoms with E-state index >= 15 is 0 Å². The van der Waals surface area contributed by atoms with E-state index in [1.807, 2.05) is 35.4 Å². The topological polar surface area (TPSA) is 181 Å². The molecule has 5 aromatic rings. The van der Waals surface area contributed by atoms with E-state index in [0.29, 0.717) is 30.0 Å². The van der Waals surface area contributed by atoms with Gasteiger partial charge in [0.15, 0.2) is 5.82 Å². The first-order valence-corrected chi connectivity index (χ1v) is 15.6. The van der Waals surface area contributed by atoms with Crippen molar-refractivity contribution in [1.29, 1.82) is 0 Å². The zero-order valence-corrected chi connectivity index (χ0v) is 27.0. The molecule has 1 saturated heterocycles. The van der Waals surface area contributed by atoms with Crippen LogP contribution in [0.5, 0.6) is 0 Å².